The van der Waals surface area contributed by atoms with Crippen molar-refractivity contribution in [3.8, 4) is 0 Å². The van der Waals surface area contributed by atoms with E-state index >= 15 is 0 Å². The van der Waals surface area contributed by atoms with Gasteiger partial charge in [-0.25, -0.2) is 0 Å². The zero-order valence-electron chi connectivity index (χ0n) is 10.8. The lowest BCUT2D eigenvalue weighted by Gasteiger charge is -2.21. The van der Waals surface area contributed by atoms with Gasteiger partial charge in [-0.3, -0.25) is 9.69 Å². The van der Waals surface area contributed by atoms with Crippen LogP contribution in [0.2, 0.25) is 0 Å². The summed E-state index contributed by atoms with van der Waals surface area (Å²) in [6.07, 6.45) is 0.609. The van der Waals surface area contributed by atoms with Crippen molar-refractivity contribution < 1.29 is 14.3 Å². The van der Waals surface area contributed by atoms with Crippen LogP contribution in [-0.2, 0) is 14.3 Å². The summed E-state index contributed by atoms with van der Waals surface area (Å²) in [5, 5.41) is 0. The third-order valence-corrected chi connectivity index (χ3v) is 2.29. The van der Waals surface area contributed by atoms with Crippen LogP contribution in [0, 0.1) is 0 Å². The molecule has 0 aromatic carbocycles. The van der Waals surface area contributed by atoms with E-state index in [4.69, 9.17) is 9.47 Å². The first kappa shape index (κ1) is 15.6. The zero-order chi connectivity index (χ0) is 12.2. The van der Waals surface area contributed by atoms with Gasteiger partial charge in [0.2, 0.25) is 0 Å². The molecule has 0 heterocycles. The van der Waals surface area contributed by atoms with Crippen molar-refractivity contribution in [2.45, 2.75) is 27.2 Å². The molecule has 0 rings (SSSR count). The van der Waals surface area contributed by atoms with Gasteiger partial charge >= 0.3 is 0 Å². The molecule has 0 atom stereocenters. The zero-order valence-corrected chi connectivity index (χ0v) is 10.8. The lowest BCUT2D eigenvalue weighted by Crippen LogP contribution is -2.32. The number of hydrogen-bond donors (Lipinski definition) is 0. The quantitative estimate of drug-likeness (QED) is 0.503. The normalized spacial score (nSPS) is 11.0. The largest absolute Gasteiger partial charge is 0.380 e. The smallest absolute Gasteiger partial charge is 0.131 e. The van der Waals surface area contributed by atoms with Crippen LogP contribution in [0.25, 0.3) is 0 Å². The van der Waals surface area contributed by atoms with E-state index in [9.17, 15) is 4.79 Å². The molecule has 0 aliphatic rings. The van der Waals surface area contributed by atoms with E-state index in [1.165, 1.54) is 0 Å². The minimum Gasteiger partial charge on any atom is -0.380 e. The molecule has 4 heteroatoms. The molecule has 0 spiro atoms. The molecule has 16 heavy (non-hydrogen) atoms. The van der Waals surface area contributed by atoms with Crippen LogP contribution in [-0.4, -0.2) is 56.7 Å². The first-order chi connectivity index (χ1) is 7.70. The monoisotopic (exact) mass is 231 g/mol. The Balaban J connectivity index is 3.71. The van der Waals surface area contributed by atoms with Gasteiger partial charge in [-0.15, -0.1) is 0 Å². The first-order valence-electron chi connectivity index (χ1n) is 6.08. The third kappa shape index (κ3) is 10.1. The molecule has 0 aromatic rings. The second-order valence-electron chi connectivity index (χ2n) is 3.69. The summed E-state index contributed by atoms with van der Waals surface area (Å²) in [6.45, 7) is 11.1. The van der Waals surface area contributed by atoms with Gasteiger partial charge in [0.25, 0.3) is 0 Å². The fourth-order valence-corrected chi connectivity index (χ4v) is 1.33. The molecule has 0 aliphatic heterocycles. The van der Waals surface area contributed by atoms with Crippen LogP contribution in [0.1, 0.15) is 27.2 Å². The lowest BCUT2D eigenvalue weighted by molar-refractivity contribution is -0.117. The van der Waals surface area contributed by atoms with E-state index in [1.54, 1.807) is 6.92 Å². The van der Waals surface area contributed by atoms with Crippen LogP contribution >= 0.6 is 0 Å². The van der Waals surface area contributed by atoms with E-state index in [1.807, 2.05) is 13.8 Å². The number of ketones is 1. The van der Waals surface area contributed by atoms with Gasteiger partial charge in [0.15, 0.2) is 0 Å². The highest BCUT2D eigenvalue weighted by atomic mass is 16.5. The molecule has 0 fully saturated rings. The third-order valence-electron chi connectivity index (χ3n) is 2.29. The number of rotatable bonds is 11. The van der Waals surface area contributed by atoms with E-state index < -0.39 is 0 Å². The number of carbonyl (C=O) groups excluding carboxylic acids is 1. The van der Waals surface area contributed by atoms with Crippen molar-refractivity contribution in [3.05, 3.63) is 0 Å². The van der Waals surface area contributed by atoms with Gasteiger partial charge in [0.05, 0.1) is 13.2 Å². The molecule has 0 bridgehead atoms. The molecule has 4 nitrogen and oxygen atoms in total. The summed E-state index contributed by atoms with van der Waals surface area (Å²) >= 11 is 0. The SMILES string of the molecule is CCOCCN(CCOCC)CCC(C)=O. The van der Waals surface area contributed by atoms with E-state index in [0.717, 1.165) is 46.1 Å². The first-order valence-corrected chi connectivity index (χ1v) is 6.08. The fourth-order valence-electron chi connectivity index (χ4n) is 1.33. The van der Waals surface area contributed by atoms with Crippen molar-refractivity contribution in [1.82, 2.24) is 4.90 Å². The Morgan fingerprint density at radius 2 is 1.50 bits per heavy atom. The van der Waals surface area contributed by atoms with Crippen LogP contribution in [0.5, 0.6) is 0 Å². The van der Waals surface area contributed by atoms with Crippen LogP contribution in [0.4, 0.5) is 0 Å². The Bertz CT molecular complexity index is 164. The maximum absolute atomic E-state index is 10.9. The second kappa shape index (κ2) is 11.0. The molecule has 0 N–H and O–H groups in total. The molecule has 0 aromatic heterocycles. The highest BCUT2D eigenvalue weighted by Crippen LogP contribution is 1.94. The Morgan fingerprint density at radius 3 is 1.88 bits per heavy atom. The summed E-state index contributed by atoms with van der Waals surface area (Å²) in [4.78, 5) is 13.1. The second-order valence-corrected chi connectivity index (χ2v) is 3.69. The fraction of sp³-hybridized carbons (Fsp3) is 0.917. The molecular formula is C12H25NO3. The molecule has 0 saturated heterocycles. The standard InChI is InChI=1S/C12H25NO3/c1-4-15-10-8-13(7-6-12(3)14)9-11-16-5-2/h4-11H2,1-3H3. The van der Waals surface area contributed by atoms with Crippen LogP contribution in [0.3, 0.4) is 0 Å². The van der Waals surface area contributed by atoms with E-state index in [2.05, 4.69) is 4.90 Å². The molecule has 0 unspecified atom stereocenters. The van der Waals surface area contributed by atoms with Crippen molar-refractivity contribution >= 4 is 5.78 Å². The molecule has 0 aliphatic carbocycles. The van der Waals surface area contributed by atoms with Crippen molar-refractivity contribution in [2.24, 2.45) is 0 Å². The van der Waals surface area contributed by atoms with Gasteiger partial charge in [0, 0.05) is 39.3 Å². The Labute approximate surface area is 98.9 Å². The Kier molecular flexibility index (Phi) is 10.7. The minimum atomic E-state index is 0.234. The van der Waals surface area contributed by atoms with Crippen LogP contribution in [0.15, 0.2) is 0 Å². The molecule has 96 valence electrons. The highest BCUT2D eigenvalue weighted by Gasteiger charge is 2.05. The van der Waals surface area contributed by atoms with Crippen molar-refractivity contribution in [1.29, 1.82) is 0 Å². The molecule has 0 radical (unpaired) electrons. The summed E-state index contributed by atoms with van der Waals surface area (Å²) in [6, 6.07) is 0. The highest BCUT2D eigenvalue weighted by molar-refractivity contribution is 5.75. The predicted molar refractivity (Wildman–Crippen MR) is 64.7 cm³/mol. The average Bonchev–Trinajstić information content (AvgIpc) is 2.25. The van der Waals surface area contributed by atoms with Gasteiger partial charge in [0.1, 0.15) is 5.78 Å². The molecular weight excluding hydrogens is 206 g/mol. The van der Waals surface area contributed by atoms with Crippen molar-refractivity contribution in [2.75, 3.05) is 46.1 Å². The number of nitrogens with zero attached hydrogens (tertiary/aromatic N) is 1. The van der Waals surface area contributed by atoms with E-state index in [-0.39, 0.29) is 5.78 Å². The number of Topliss-reactive ketones (excluding diaryl/α,β-unsaturated/α-hetero) is 1. The van der Waals surface area contributed by atoms with Crippen molar-refractivity contribution in [3.63, 3.8) is 0 Å². The van der Waals surface area contributed by atoms with Gasteiger partial charge in [-0.05, 0) is 20.8 Å². The summed E-state index contributed by atoms with van der Waals surface area (Å²) in [5.74, 6) is 0.234. The number of carbonyl (C=O) groups is 1. The topological polar surface area (TPSA) is 38.8 Å². The Hall–Kier alpha value is -0.450. The minimum absolute atomic E-state index is 0.234. The Morgan fingerprint density at radius 1 is 1.00 bits per heavy atom. The maximum Gasteiger partial charge on any atom is 0.131 e. The number of hydrogen-bond acceptors (Lipinski definition) is 4. The lowest BCUT2D eigenvalue weighted by atomic mass is 10.3. The van der Waals surface area contributed by atoms with E-state index in [0.29, 0.717) is 6.42 Å². The summed E-state index contributed by atoms with van der Waals surface area (Å²) in [5.41, 5.74) is 0. The predicted octanol–water partition coefficient (Wildman–Crippen LogP) is 1.34. The maximum atomic E-state index is 10.9. The van der Waals surface area contributed by atoms with Crippen LogP contribution < -0.4 is 0 Å². The average molecular weight is 231 g/mol. The van der Waals surface area contributed by atoms with Gasteiger partial charge in [-0.1, -0.05) is 0 Å². The summed E-state index contributed by atoms with van der Waals surface area (Å²) in [7, 11) is 0. The number of ether oxygens (including phenoxy) is 2. The summed E-state index contributed by atoms with van der Waals surface area (Å²) < 4.78 is 10.6. The molecule has 0 amide bonds. The van der Waals surface area contributed by atoms with Gasteiger partial charge < -0.3 is 9.47 Å². The molecule has 0 saturated carbocycles. The van der Waals surface area contributed by atoms with Gasteiger partial charge in [-0.2, -0.15) is 0 Å².